The molecule has 0 aliphatic heterocycles. The van der Waals surface area contributed by atoms with Crippen LogP contribution in [0.1, 0.15) is 13.3 Å². The first-order chi connectivity index (χ1) is 7.24. The van der Waals surface area contributed by atoms with Crippen LogP contribution in [0.25, 0.3) is 0 Å². The fourth-order valence-electron chi connectivity index (χ4n) is 0.929. The standard InChI is InChI=1S/C8H16N2O6/c1-8(14,15)16-7(13)4-10-5(3-9)2-6(11)12/h5,10,14-15H,2-4,9H2,1H3,(H,11,12). The van der Waals surface area contributed by atoms with Crippen LogP contribution in [-0.4, -0.2) is 52.4 Å². The predicted octanol–water partition coefficient (Wildman–Crippen LogP) is -2.42. The van der Waals surface area contributed by atoms with Crippen molar-refractivity contribution in [1.29, 1.82) is 0 Å². The van der Waals surface area contributed by atoms with E-state index in [0.29, 0.717) is 0 Å². The quantitative estimate of drug-likeness (QED) is 0.243. The molecule has 0 saturated carbocycles. The maximum atomic E-state index is 11.0. The summed E-state index contributed by atoms with van der Waals surface area (Å²) < 4.78 is 4.16. The summed E-state index contributed by atoms with van der Waals surface area (Å²) in [5.74, 6) is -4.51. The summed E-state index contributed by atoms with van der Waals surface area (Å²) in [6.45, 7) is 0.559. The van der Waals surface area contributed by atoms with Gasteiger partial charge in [0, 0.05) is 19.5 Å². The van der Waals surface area contributed by atoms with Gasteiger partial charge in [-0.15, -0.1) is 0 Å². The highest BCUT2D eigenvalue weighted by Crippen LogP contribution is 1.99. The number of esters is 1. The second-order valence-corrected chi connectivity index (χ2v) is 3.32. The van der Waals surface area contributed by atoms with E-state index in [0.717, 1.165) is 6.92 Å². The third-order valence-electron chi connectivity index (χ3n) is 1.55. The lowest BCUT2D eigenvalue weighted by molar-refractivity contribution is -0.306. The topological polar surface area (TPSA) is 142 Å². The Bertz CT molecular complexity index is 249. The second kappa shape index (κ2) is 6.38. The van der Waals surface area contributed by atoms with Crippen LogP contribution in [0.3, 0.4) is 0 Å². The number of carboxylic acids is 1. The molecule has 0 aliphatic carbocycles. The van der Waals surface area contributed by atoms with Gasteiger partial charge in [-0.3, -0.25) is 9.59 Å². The highest BCUT2D eigenvalue weighted by atomic mass is 16.8. The number of carbonyl (C=O) groups is 2. The van der Waals surface area contributed by atoms with Crippen molar-refractivity contribution >= 4 is 11.9 Å². The van der Waals surface area contributed by atoms with E-state index in [4.69, 9.17) is 21.1 Å². The average molecular weight is 236 g/mol. The molecule has 0 amide bonds. The van der Waals surface area contributed by atoms with Crippen LogP contribution < -0.4 is 11.1 Å². The van der Waals surface area contributed by atoms with E-state index in [9.17, 15) is 9.59 Å². The first kappa shape index (κ1) is 14.8. The van der Waals surface area contributed by atoms with Crippen molar-refractivity contribution in [3.8, 4) is 0 Å². The molecule has 0 radical (unpaired) electrons. The van der Waals surface area contributed by atoms with Crippen LogP contribution >= 0.6 is 0 Å². The number of nitrogens with two attached hydrogens (primary N) is 1. The largest absolute Gasteiger partial charge is 0.481 e. The summed E-state index contributed by atoms with van der Waals surface area (Å²) in [6.07, 6.45) is -0.237. The van der Waals surface area contributed by atoms with Crippen LogP contribution in [0.4, 0.5) is 0 Å². The zero-order valence-corrected chi connectivity index (χ0v) is 8.84. The summed E-state index contributed by atoms with van der Waals surface area (Å²) in [6, 6.07) is -0.575. The predicted molar refractivity (Wildman–Crippen MR) is 52.0 cm³/mol. The average Bonchev–Trinajstić information content (AvgIpc) is 2.08. The number of rotatable bonds is 7. The molecule has 0 aromatic rings. The SMILES string of the molecule is CC(O)(O)OC(=O)CNC(CN)CC(=O)O. The number of ether oxygens (including phenoxy) is 1. The molecule has 1 unspecified atom stereocenters. The van der Waals surface area contributed by atoms with Crippen molar-refractivity contribution in [2.24, 2.45) is 5.73 Å². The summed E-state index contributed by atoms with van der Waals surface area (Å²) >= 11 is 0. The number of aliphatic carboxylic acids is 1. The molecule has 16 heavy (non-hydrogen) atoms. The molecule has 0 bridgehead atoms. The van der Waals surface area contributed by atoms with Crippen molar-refractivity contribution in [2.45, 2.75) is 25.4 Å². The summed E-state index contributed by atoms with van der Waals surface area (Å²) in [7, 11) is 0. The highest BCUT2D eigenvalue weighted by Gasteiger charge is 2.21. The van der Waals surface area contributed by atoms with Crippen LogP contribution in [0.5, 0.6) is 0 Å². The number of hydrogen-bond donors (Lipinski definition) is 5. The van der Waals surface area contributed by atoms with Gasteiger partial charge < -0.3 is 31.1 Å². The van der Waals surface area contributed by atoms with E-state index >= 15 is 0 Å². The lowest BCUT2D eigenvalue weighted by Crippen LogP contribution is -2.43. The molecule has 1 atom stereocenters. The second-order valence-electron chi connectivity index (χ2n) is 3.32. The molecular weight excluding hydrogens is 220 g/mol. The van der Waals surface area contributed by atoms with Crippen molar-refractivity contribution in [2.75, 3.05) is 13.1 Å². The summed E-state index contributed by atoms with van der Waals surface area (Å²) in [4.78, 5) is 21.3. The molecule has 0 saturated heterocycles. The Hall–Kier alpha value is -1.22. The van der Waals surface area contributed by atoms with Gasteiger partial charge in [-0.2, -0.15) is 0 Å². The first-order valence-electron chi connectivity index (χ1n) is 4.56. The first-order valence-corrected chi connectivity index (χ1v) is 4.56. The number of carboxylic acid groups (broad SMARTS) is 1. The molecule has 0 heterocycles. The van der Waals surface area contributed by atoms with Crippen LogP contribution in [0.15, 0.2) is 0 Å². The maximum absolute atomic E-state index is 11.0. The molecule has 0 spiro atoms. The summed E-state index contributed by atoms with van der Waals surface area (Å²) in [5, 5.41) is 28.4. The van der Waals surface area contributed by atoms with Gasteiger partial charge in [-0.1, -0.05) is 0 Å². The van der Waals surface area contributed by atoms with Crippen LogP contribution in [0.2, 0.25) is 0 Å². The third-order valence-corrected chi connectivity index (χ3v) is 1.55. The molecule has 0 fully saturated rings. The van der Waals surface area contributed by atoms with E-state index < -0.39 is 24.0 Å². The van der Waals surface area contributed by atoms with Crippen molar-refractivity contribution in [3.63, 3.8) is 0 Å². The number of carbonyl (C=O) groups excluding carboxylic acids is 1. The molecule has 8 heteroatoms. The normalized spacial score (nSPS) is 13.2. The van der Waals surface area contributed by atoms with Gasteiger partial charge in [0.1, 0.15) is 0 Å². The Morgan fingerprint density at radius 3 is 2.44 bits per heavy atom. The van der Waals surface area contributed by atoms with E-state index in [-0.39, 0.29) is 19.5 Å². The minimum absolute atomic E-state index is 0.0368. The Morgan fingerprint density at radius 2 is 2.06 bits per heavy atom. The molecule has 0 rings (SSSR count). The van der Waals surface area contributed by atoms with Gasteiger partial charge >= 0.3 is 17.9 Å². The Balaban J connectivity index is 3.93. The molecule has 0 aromatic carbocycles. The van der Waals surface area contributed by atoms with Gasteiger partial charge in [-0.25, -0.2) is 0 Å². The molecular formula is C8H16N2O6. The smallest absolute Gasteiger partial charge is 0.324 e. The maximum Gasteiger partial charge on any atom is 0.324 e. The minimum atomic E-state index is -2.54. The fraction of sp³-hybridized carbons (Fsp3) is 0.750. The Labute approximate surface area is 92.0 Å². The number of nitrogens with one attached hydrogen (secondary N) is 1. The van der Waals surface area contributed by atoms with E-state index in [2.05, 4.69) is 10.1 Å². The van der Waals surface area contributed by atoms with Crippen molar-refractivity contribution in [3.05, 3.63) is 0 Å². The van der Waals surface area contributed by atoms with E-state index in [1.54, 1.807) is 0 Å². The van der Waals surface area contributed by atoms with E-state index in [1.165, 1.54) is 0 Å². The molecule has 6 N–H and O–H groups in total. The van der Waals surface area contributed by atoms with Gasteiger partial charge in [0.15, 0.2) is 0 Å². The number of aliphatic hydroxyl groups is 2. The van der Waals surface area contributed by atoms with Crippen molar-refractivity contribution < 1.29 is 29.6 Å². The molecule has 8 nitrogen and oxygen atoms in total. The van der Waals surface area contributed by atoms with Gasteiger partial charge in [0.25, 0.3) is 0 Å². The summed E-state index contributed by atoms with van der Waals surface area (Å²) in [5.41, 5.74) is 5.26. The molecule has 94 valence electrons. The zero-order valence-electron chi connectivity index (χ0n) is 8.84. The number of hydrogen-bond acceptors (Lipinski definition) is 7. The van der Waals surface area contributed by atoms with E-state index in [1.807, 2.05) is 0 Å². The highest BCUT2D eigenvalue weighted by molar-refractivity contribution is 5.72. The monoisotopic (exact) mass is 236 g/mol. The van der Waals surface area contributed by atoms with Crippen LogP contribution in [0, 0.1) is 0 Å². The molecule has 0 aromatic heterocycles. The minimum Gasteiger partial charge on any atom is -0.481 e. The van der Waals surface area contributed by atoms with Crippen molar-refractivity contribution in [1.82, 2.24) is 5.32 Å². The van der Waals surface area contributed by atoms with Crippen LogP contribution in [-0.2, 0) is 14.3 Å². The lowest BCUT2D eigenvalue weighted by Gasteiger charge is -2.18. The zero-order chi connectivity index (χ0) is 12.8. The lowest BCUT2D eigenvalue weighted by atomic mass is 10.2. The fourth-order valence-corrected chi connectivity index (χ4v) is 0.929. The Morgan fingerprint density at radius 1 is 1.50 bits per heavy atom. The van der Waals surface area contributed by atoms with Gasteiger partial charge in [-0.05, 0) is 0 Å². The van der Waals surface area contributed by atoms with Gasteiger partial charge in [0.2, 0.25) is 0 Å². The molecule has 0 aliphatic rings. The third kappa shape index (κ3) is 8.12. The van der Waals surface area contributed by atoms with Gasteiger partial charge in [0.05, 0.1) is 13.0 Å². The Kier molecular flexibility index (Phi) is 5.89.